The first-order valence-electron chi connectivity index (χ1n) is 17.6. The van der Waals surface area contributed by atoms with E-state index in [0.29, 0.717) is 0 Å². The van der Waals surface area contributed by atoms with E-state index in [0.717, 1.165) is 11.4 Å². The van der Waals surface area contributed by atoms with Gasteiger partial charge in [-0.25, -0.2) is 0 Å². The second kappa shape index (κ2) is 12.0. The molecular formula is C50H33N. The maximum atomic E-state index is 2.51. The van der Waals surface area contributed by atoms with Gasteiger partial charge in [-0.3, -0.25) is 0 Å². The third kappa shape index (κ3) is 4.94. The molecule has 0 unspecified atom stereocenters. The van der Waals surface area contributed by atoms with Gasteiger partial charge in [0.1, 0.15) is 0 Å². The molecule has 0 saturated heterocycles. The van der Waals surface area contributed by atoms with E-state index in [2.05, 4.69) is 205 Å². The van der Waals surface area contributed by atoms with Crippen molar-refractivity contribution >= 4 is 43.1 Å². The van der Waals surface area contributed by atoms with E-state index in [1.807, 2.05) is 0 Å². The van der Waals surface area contributed by atoms with Crippen molar-refractivity contribution in [1.29, 1.82) is 0 Å². The molecule has 0 bridgehead atoms. The van der Waals surface area contributed by atoms with Gasteiger partial charge in [0.2, 0.25) is 0 Å². The summed E-state index contributed by atoms with van der Waals surface area (Å²) in [6.07, 6.45) is 0. The Hall–Kier alpha value is -6.70. The zero-order chi connectivity index (χ0) is 33.7. The molecule has 10 rings (SSSR count). The topological polar surface area (TPSA) is 4.93 Å². The van der Waals surface area contributed by atoms with Gasteiger partial charge < -0.3 is 4.57 Å². The van der Waals surface area contributed by atoms with Crippen LogP contribution in [0.15, 0.2) is 200 Å². The molecule has 0 aliphatic heterocycles. The Morgan fingerprint density at radius 2 is 0.686 bits per heavy atom. The number of benzene rings is 9. The first kappa shape index (κ1) is 29.2. The van der Waals surface area contributed by atoms with Crippen LogP contribution in [0, 0.1) is 0 Å². The van der Waals surface area contributed by atoms with E-state index in [9.17, 15) is 0 Å². The fraction of sp³-hybridized carbons (Fsp3) is 0. The first-order chi connectivity index (χ1) is 25.3. The van der Waals surface area contributed by atoms with E-state index in [4.69, 9.17) is 0 Å². The van der Waals surface area contributed by atoms with Crippen molar-refractivity contribution < 1.29 is 0 Å². The van der Waals surface area contributed by atoms with Gasteiger partial charge in [-0.2, -0.15) is 0 Å². The SMILES string of the molecule is c1ccc(-c2ccc(-c3ccccc3)n2-c2c3cc(-c4cccc5ccccc45)ccc3cc3ccc(-c4cccc5ccccc45)cc23)cc1. The average molecular weight is 648 g/mol. The van der Waals surface area contributed by atoms with Gasteiger partial charge in [0.15, 0.2) is 0 Å². The highest BCUT2D eigenvalue weighted by Crippen LogP contribution is 2.43. The predicted octanol–water partition coefficient (Wildman–Crippen LogP) is 13.8. The smallest absolute Gasteiger partial charge is 0.0619 e. The lowest BCUT2D eigenvalue weighted by Crippen LogP contribution is -2.02. The number of fused-ring (bicyclic) bond motifs is 4. The van der Waals surface area contributed by atoms with Crippen molar-refractivity contribution in [2.24, 2.45) is 0 Å². The Morgan fingerprint density at radius 3 is 1.18 bits per heavy atom. The van der Waals surface area contributed by atoms with Crippen molar-refractivity contribution in [1.82, 2.24) is 4.57 Å². The maximum absolute atomic E-state index is 2.51. The van der Waals surface area contributed by atoms with Crippen LogP contribution in [0.5, 0.6) is 0 Å². The Morgan fingerprint density at radius 1 is 0.255 bits per heavy atom. The minimum atomic E-state index is 1.16. The van der Waals surface area contributed by atoms with Crippen LogP contribution in [0.2, 0.25) is 0 Å². The molecule has 1 aromatic heterocycles. The fourth-order valence-corrected chi connectivity index (χ4v) is 7.96. The Labute approximate surface area is 297 Å². The highest BCUT2D eigenvalue weighted by molar-refractivity contribution is 6.12. The Kier molecular flexibility index (Phi) is 6.89. The molecule has 0 N–H and O–H groups in total. The summed E-state index contributed by atoms with van der Waals surface area (Å²) >= 11 is 0. The molecule has 0 aliphatic carbocycles. The van der Waals surface area contributed by atoms with Crippen LogP contribution >= 0.6 is 0 Å². The average Bonchev–Trinajstić information content (AvgIpc) is 3.64. The monoisotopic (exact) mass is 647 g/mol. The molecule has 0 radical (unpaired) electrons. The van der Waals surface area contributed by atoms with Gasteiger partial charge in [0.25, 0.3) is 0 Å². The second-order valence-electron chi connectivity index (χ2n) is 13.3. The normalized spacial score (nSPS) is 11.5. The minimum Gasteiger partial charge on any atom is -0.308 e. The third-order valence-corrected chi connectivity index (χ3v) is 10.4. The summed E-state index contributed by atoms with van der Waals surface area (Å²) in [4.78, 5) is 0. The maximum Gasteiger partial charge on any atom is 0.0619 e. The molecule has 0 spiro atoms. The molecule has 0 aliphatic rings. The van der Waals surface area contributed by atoms with Gasteiger partial charge in [0, 0.05) is 10.8 Å². The summed E-state index contributed by atoms with van der Waals surface area (Å²) in [5.74, 6) is 0. The highest BCUT2D eigenvalue weighted by atomic mass is 15.0. The van der Waals surface area contributed by atoms with E-state index >= 15 is 0 Å². The number of hydrogen-bond donors (Lipinski definition) is 0. The fourth-order valence-electron chi connectivity index (χ4n) is 7.96. The van der Waals surface area contributed by atoms with Crippen molar-refractivity contribution in [2.45, 2.75) is 0 Å². The van der Waals surface area contributed by atoms with Gasteiger partial charge >= 0.3 is 0 Å². The van der Waals surface area contributed by atoms with Crippen molar-refractivity contribution in [2.75, 3.05) is 0 Å². The number of nitrogens with zero attached hydrogens (tertiary/aromatic N) is 1. The summed E-state index contributed by atoms with van der Waals surface area (Å²) in [5, 5.41) is 9.87. The zero-order valence-corrected chi connectivity index (χ0v) is 28.0. The molecule has 238 valence electrons. The number of hydrogen-bond acceptors (Lipinski definition) is 0. The third-order valence-electron chi connectivity index (χ3n) is 10.4. The lowest BCUT2D eigenvalue weighted by atomic mass is 9.91. The summed E-state index contributed by atoms with van der Waals surface area (Å²) < 4.78 is 2.51. The van der Waals surface area contributed by atoms with Crippen molar-refractivity contribution in [3.63, 3.8) is 0 Å². The predicted molar refractivity (Wildman–Crippen MR) is 218 cm³/mol. The van der Waals surface area contributed by atoms with Crippen LogP contribution in [-0.2, 0) is 0 Å². The molecule has 10 aromatic rings. The number of rotatable bonds is 5. The molecular weight excluding hydrogens is 615 g/mol. The van der Waals surface area contributed by atoms with E-state index in [1.54, 1.807) is 0 Å². The van der Waals surface area contributed by atoms with Crippen molar-refractivity contribution in [3.8, 4) is 50.5 Å². The molecule has 0 saturated carbocycles. The Balaban J connectivity index is 1.35. The standard InChI is InChI=1S/C50H33N/c1-3-15-36(16-4-1)48-29-30-49(37-17-5-2-6-18-37)51(48)50-46-32-40(44-23-11-19-34-13-7-9-21-42(34)44)27-25-38(46)31-39-26-28-41(33-47(39)50)45-24-12-20-35-14-8-10-22-43(35)45/h1-33H. The summed E-state index contributed by atoms with van der Waals surface area (Å²) in [6.45, 7) is 0. The lowest BCUT2D eigenvalue weighted by Gasteiger charge is -2.21. The molecule has 1 nitrogen and oxygen atoms in total. The van der Waals surface area contributed by atoms with E-state index < -0.39 is 0 Å². The molecule has 0 atom stereocenters. The van der Waals surface area contributed by atoms with Gasteiger partial charge in [0.05, 0.1) is 17.1 Å². The van der Waals surface area contributed by atoms with Crippen LogP contribution in [0.1, 0.15) is 0 Å². The van der Waals surface area contributed by atoms with Crippen LogP contribution < -0.4 is 0 Å². The van der Waals surface area contributed by atoms with Gasteiger partial charge in [-0.05, 0) is 96.0 Å². The summed E-state index contributed by atoms with van der Waals surface area (Å²) in [5.41, 5.74) is 10.8. The quantitative estimate of drug-likeness (QED) is 0.164. The summed E-state index contributed by atoms with van der Waals surface area (Å²) in [7, 11) is 0. The molecule has 9 aromatic carbocycles. The van der Waals surface area contributed by atoms with Crippen molar-refractivity contribution in [3.05, 3.63) is 200 Å². The van der Waals surface area contributed by atoms with Gasteiger partial charge in [-0.15, -0.1) is 0 Å². The summed E-state index contributed by atoms with van der Waals surface area (Å²) in [6, 6.07) is 73.2. The van der Waals surface area contributed by atoms with Crippen LogP contribution in [0.25, 0.3) is 93.5 Å². The minimum absolute atomic E-state index is 1.16. The molecule has 0 amide bonds. The van der Waals surface area contributed by atoms with Gasteiger partial charge in [-0.1, -0.05) is 170 Å². The van der Waals surface area contributed by atoms with E-state index in [-0.39, 0.29) is 0 Å². The number of aromatic nitrogens is 1. The second-order valence-corrected chi connectivity index (χ2v) is 13.3. The first-order valence-corrected chi connectivity index (χ1v) is 17.6. The molecule has 51 heavy (non-hydrogen) atoms. The lowest BCUT2D eigenvalue weighted by molar-refractivity contribution is 1.12. The van der Waals surface area contributed by atoms with Crippen LogP contribution in [-0.4, -0.2) is 4.57 Å². The molecule has 0 fully saturated rings. The van der Waals surface area contributed by atoms with Crippen LogP contribution in [0.4, 0.5) is 0 Å². The largest absolute Gasteiger partial charge is 0.308 e. The highest BCUT2D eigenvalue weighted by Gasteiger charge is 2.20. The molecule has 1 heterocycles. The Bertz CT molecular complexity index is 2690. The van der Waals surface area contributed by atoms with Crippen LogP contribution in [0.3, 0.4) is 0 Å². The zero-order valence-electron chi connectivity index (χ0n) is 28.0. The molecule has 1 heteroatoms. The van der Waals surface area contributed by atoms with E-state index in [1.165, 1.54) is 82.2 Å².